The molecule has 0 aliphatic rings. The van der Waals surface area contributed by atoms with Crippen molar-refractivity contribution in [3.05, 3.63) is 16.1 Å². The first-order chi connectivity index (χ1) is 3.79. The molecule has 0 aliphatic carbocycles. The predicted molar refractivity (Wildman–Crippen MR) is 39.2 cm³/mol. The van der Waals surface area contributed by atoms with Crippen molar-refractivity contribution < 1.29 is 0 Å². The molecule has 0 aliphatic heterocycles. The average molecular weight is 221 g/mol. The van der Waals surface area contributed by atoms with Crippen molar-refractivity contribution in [2.24, 2.45) is 0 Å². The Morgan fingerprint density at radius 3 is 2.50 bits per heavy atom. The molecular formula is C4H4IN3. The highest BCUT2D eigenvalue weighted by atomic mass is 127. The Kier molecular flexibility index (Phi) is 1.62. The molecule has 2 N–H and O–H groups in total. The fourth-order valence-corrected chi connectivity index (χ4v) is 0.601. The van der Waals surface area contributed by atoms with Crippen LogP contribution in [0.4, 0.5) is 5.82 Å². The molecule has 0 atom stereocenters. The second-order valence-electron chi connectivity index (χ2n) is 1.26. The number of anilines is 1. The Balaban J connectivity index is 3.03. The largest absolute Gasteiger partial charge is 0.382 e. The number of nitrogens with zero attached hydrogens (tertiary/aromatic N) is 2. The minimum absolute atomic E-state index is 0.463. The van der Waals surface area contributed by atoms with Crippen LogP contribution >= 0.6 is 22.6 Å². The Hall–Kier alpha value is -0.390. The van der Waals surface area contributed by atoms with Gasteiger partial charge in [0.05, 0.1) is 12.4 Å². The third-order valence-electron chi connectivity index (χ3n) is 0.640. The molecule has 0 saturated heterocycles. The molecule has 3 nitrogen and oxygen atoms in total. The molecule has 0 radical (unpaired) electrons. The van der Waals surface area contributed by atoms with Gasteiger partial charge in [-0.25, -0.2) is 9.97 Å². The summed E-state index contributed by atoms with van der Waals surface area (Å²) in [6.07, 6.45) is 3.15. The Bertz CT molecular complexity index is 150. The highest BCUT2D eigenvalue weighted by molar-refractivity contribution is 14.1. The van der Waals surface area contributed by atoms with Crippen LogP contribution in [0.1, 0.15) is 0 Å². The quantitative estimate of drug-likeness (QED) is 0.654. The van der Waals surface area contributed by atoms with Crippen LogP contribution in [0, 0.1) is 3.70 Å². The van der Waals surface area contributed by atoms with Crippen molar-refractivity contribution in [2.45, 2.75) is 0 Å². The smallest absolute Gasteiger partial charge is 0.141 e. The summed E-state index contributed by atoms with van der Waals surface area (Å²) in [5.74, 6) is 0.463. The fourth-order valence-electron chi connectivity index (χ4n) is 0.322. The van der Waals surface area contributed by atoms with Crippen LogP contribution in [0.3, 0.4) is 0 Å². The van der Waals surface area contributed by atoms with Gasteiger partial charge in [0.25, 0.3) is 0 Å². The summed E-state index contributed by atoms with van der Waals surface area (Å²) in [6, 6.07) is 0. The van der Waals surface area contributed by atoms with Crippen LogP contribution in [0.25, 0.3) is 0 Å². The zero-order chi connectivity index (χ0) is 5.98. The third-order valence-corrected chi connectivity index (χ3v) is 1.20. The van der Waals surface area contributed by atoms with E-state index in [0.717, 1.165) is 3.70 Å². The summed E-state index contributed by atoms with van der Waals surface area (Å²) in [5.41, 5.74) is 5.25. The standard InChI is InChI=1S/C4H4IN3/c5-3-1-8-4(6)2-7-3/h1-2H,(H2,6,8). The van der Waals surface area contributed by atoms with Gasteiger partial charge in [0, 0.05) is 0 Å². The van der Waals surface area contributed by atoms with Crippen molar-refractivity contribution in [1.82, 2.24) is 9.97 Å². The number of hydrogen-bond donors (Lipinski definition) is 1. The van der Waals surface area contributed by atoms with Gasteiger partial charge in [-0.1, -0.05) is 0 Å². The molecule has 4 heteroatoms. The molecule has 0 fully saturated rings. The minimum atomic E-state index is 0.463. The normalized spacial score (nSPS) is 9.12. The van der Waals surface area contributed by atoms with Gasteiger partial charge in [-0.05, 0) is 22.6 Å². The SMILES string of the molecule is Nc1cnc(I)cn1. The van der Waals surface area contributed by atoms with E-state index in [2.05, 4.69) is 32.6 Å². The first-order valence-corrected chi connectivity index (χ1v) is 3.10. The number of halogens is 1. The molecular weight excluding hydrogens is 217 g/mol. The molecule has 1 rings (SSSR count). The monoisotopic (exact) mass is 221 g/mol. The zero-order valence-corrected chi connectivity index (χ0v) is 6.16. The highest BCUT2D eigenvalue weighted by Crippen LogP contribution is 1.97. The number of hydrogen-bond acceptors (Lipinski definition) is 3. The molecule has 42 valence electrons. The van der Waals surface area contributed by atoms with Gasteiger partial charge >= 0.3 is 0 Å². The Morgan fingerprint density at radius 2 is 2.12 bits per heavy atom. The lowest BCUT2D eigenvalue weighted by molar-refractivity contribution is 1.17. The summed E-state index contributed by atoms with van der Waals surface area (Å²) >= 11 is 2.07. The molecule has 1 aromatic heterocycles. The van der Waals surface area contributed by atoms with E-state index in [-0.39, 0.29) is 0 Å². The predicted octanol–water partition coefficient (Wildman–Crippen LogP) is 0.663. The summed E-state index contributed by atoms with van der Waals surface area (Å²) in [5, 5.41) is 0. The maximum absolute atomic E-state index is 5.25. The second kappa shape index (κ2) is 2.25. The lowest BCUT2D eigenvalue weighted by Crippen LogP contribution is -1.90. The third kappa shape index (κ3) is 1.29. The lowest BCUT2D eigenvalue weighted by Gasteiger charge is -1.87. The van der Waals surface area contributed by atoms with Gasteiger partial charge < -0.3 is 5.73 Å². The molecule has 0 bridgehead atoms. The highest BCUT2D eigenvalue weighted by Gasteiger charge is 1.84. The molecule has 0 unspecified atom stereocenters. The van der Waals surface area contributed by atoms with Crippen molar-refractivity contribution in [1.29, 1.82) is 0 Å². The number of nitrogens with two attached hydrogens (primary N) is 1. The van der Waals surface area contributed by atoms with E-state index in [1.54, 1.807) is 6.20 Å². The average Bonchev–Trinajstić information content (AvgIpc) is 1.77. The van der Waals surface area contributed by atoms with E-state index in [1.807, 2.05) is 0 Å². The van der Waals surface area contributed by atoms with Crippen LogP contribution in [0.5, 0.6) is 0 Å². The van der Waals surface area contributed by atoms with Gasteiger partial charge in [0.2, 0.25) is 0 Å². The molecule has 0 aromatic carbocycles. The van der Waals surface area contributed by atoms with Crippen LogP contribution in [0.2, 0.25) is 0 Å². The van der Waals surface area contributed by atoms with E-state index >= 15 is 0 Å². The van der Waals surface area contributed by atoms with E-state index < -0.39 is 0 Å². The molecule has 1 aromatic rings. The maximum atomic E-state index is 5.25. The van der Waals surface area contributed by atoms with Gasteiger partial charge in [-0.2, -0.15) is 0 Å². The van der Waals surface area contributed by atoms with Crippen LogP contribution < -0.4 is 5.73 Å². The van der Waals surface area contributed by atoms with E-state index in [4.69, 9.17) is 5.73 Å². The second-order valence-corrected chi connectivity index (χ2v) is 2.37. The summed E-state index contributed by atoms with van der Waals surface area (Å²) < 4.78 is 0.858. The zero-order valence-electron chi connectivity index (χ0n) is 4.00. The molecule has 0 amide bonds. The maximum Gasteiger partial charge on any atom is 0.141 e. The van der Waals surface area contributed by atoms with Gasteiger partial charge in [-0.3, -0.25) is 0 Å². The van der Waals surface area contributed by atoms with Gasteiger partial charge in [0.15, 0.2) is 0 Å². The van der Waals surface area contributed by atoms with Gasteiger partial charge in [-0.15, -0.1) is 0 Å². The first kappa shape index (κ1) is 5.74. The minimum Gasteiger partial charge on any atom is -0.382 e. The van der Waals surface area contributed by atoms with Crippen molar-refractivity contribution in [3.63, 3.8) is 0 Å². The van der Waals surface area contributed by atoms with Crippen LogP contribution in [0.15, 0.2) is 12.4 Å². The van der Waals surface area contributed by atoms with E-state index in [1.165, 1.54) is 6.20 Å². The number of nitrogen functional groups attached to an aromatic ring is 1. The van der Waals surface area contributed by atoms with Crippen molar-refractivity contribution in [3.8, 4) is 0 Å². The molecule has 8 heavy (non-hydrogen) atoms. The van der Waals surface area contributed by atoms with Crippen LogP contribution in [-0.4, -0.2) is 9.97 Å². The van der Waals surface area contributed by atoms with Crippen molar-refractivity contribution in [2.75, 3.05) is 5.73 Å². The Morgan fingerprint density at radius 1 is 1.38 bits per heavy atom. The summed E-state index contributed by atoms with van der Waals surface area (Å²) in [6.45, 7) is 0. The number of rotatable bonds is 0. The van der Waals surface area contributed by atoms with Crippen LogP contribution in [-0.2, 0) is 0 Å². The molecule has 0 spiro atoms. The fraction of sp³-hybridized carbons (Fsp3) is 0. The van der Waals surface area contributed by atoms with Crippen molar-refractivity contribution >= 4 is 28.4 Å². The van der Waals surface area contributed by atoms with Gasteiger partial charge in [0.1, 0.15) is 9.52 Å². The lowest BCUT2D eigenvalue weighted by atomic mass is 10.7. The summed E-state index contributed by atoms with van der Waals surface area (Å²) in [4.78, 5) is 7.66. The molecule has 0 saturated carbocycles. The number of aromatic nitrogens is 2. The molecule has 1 heterocycles. The Labute approximate surface area is 60.5 Å². The summed E-state index contributed by atoms with van der Waals surface area (Å²) in [7, 11) is 0. The first-order valence-electron chi connectivity index (χ1n) is 2.02. The van der Waals surface area contributed by atoms with E-state index in [9.17, 15) is 0 Å². The topological polar surface area (TPSA) is 51.8 Å². The van der Waals surface area contributed by atoms with E-state index in [0.29, 0.717) is 5.82 Å².